The molecule has 0 bridgehead atoms. The Morgan fingerprint density at radius 1 is 0.921 bits per heavy atom. The Hall–Kier alpha value is -3.46. The Balaban J connectivity index is 0.000000321. The SMILES string of the molecule is C#C.COc1cccc(N(CCO)Cc2ccc(CCNC(C)C)cc2)c1.Oc1ccc2c(c1)CCCC2. The van der Waals surface area contributed by atoms with Gasteiger partial charge in [-0.15, -0.1) is 12.8 Å². The number of fused-ring (bicyclic) bond motifs is 1. The standard InChI is InChI=1S/C21H30N2O2.C10H12O.C2H2/c1-17(2)22-12-11-18-7-9-19(10-8-18)16-23(13-14-24)20-5-4-6-21(15-20)25-3;11-10-6-5-8-3-1-2-4-9(8)7-10;1-2/h4-10,15,17,22,24H,11-14,16H2,1-3H3;5-7,11H,1-4H2;1-2H. The number of phenols is 1. The van der Waals surface area contributed by atoms with Crippen LogP contribution in [0.3, 0.4) is 0 Å². The Bertz CT molecular complexity index is 1090. The van der Waals surface area contributed by atoms with Gasteiger partial charge in [0.2, 0.25) is 0 Å². The monoisotopic (exact) mass is 516 g/mol. The summed E-state index contributed by atoms with van der Waals surface area (Å²) < 4.78 is 5.31. The lowest BCUT2D eigenvalue weighted by Crippen LogP contribution is -2.26. The number of methoxy groups -OCH3 is 1. The van der Waals surface area contributed by atoms with E-state index in [1.54, 1.807) is 13.2 Å². The van der Waals surface area contributed by atoms with Gasteiger partial charge in [-0.25, -0.2) is 0 Å². The molecule has 1 aliphatic rings. The van der Waals surface area contributed by atoms with Gasteiger partial charge in [0.1, 0.15) is 11.5 Å². The summed E-state index contributed by atoms with van der Waals surface area (Å²) >= 11 is 0. The molecule has 3 N–H and O–H groups in total. The number of aliphatic hydroxyl groups is 1. The van der Waals surface area contributed by atoms with Gasteiger partial charge in [-0.3, -0.25) is 0 Å². The quantitative estimate of drug-likeness (QED) is 0.299. The number of aryl methyl sites for hydroxylation is 2. The van der Waals surface area contributed by atoms with Gasteiger partial charge < -0.3 is 25.2 Å². The van der Waals surface area contributed by atoms with Crippen LogP contribution in [0.15, 0.2) is 66.7 Å². The molecule has 38 heavy (non-hydrogen) atoms. The van der Waals surface area contributed by atoms with Crippen LogP contribution in [0.5, 0.6) is 11.5 Å². The van der Waals surface area contributed by atoms with E-state index in [-0.39, 0.29) is 6.61 Å². The van der Waals surface area contributed by atoms with Crippen molar-refractivity contribution in [1.82, 2.24) is 5.32 Å². The molecule has 5 nitrogen and oxygen atoms in total. The highest BCUT2D eigenvalue weighted by Gasteiger charge is 2.09. The molecule has 3 aromatic carbocycles. The lowest BCUT2D eigenvalue weighted by Gasteiger charge is -2.24. The van der Waals surface area contributed by atoms with Crippen molar-refractivity contribution in [2.75, 3.05) is 31.7 Å². The fourth-order valence-corrected chi connectivity index (χ4v) is 4.48. The van der Waals surface area contributed by atoms with Crippen molar-refractivity contribution in [1.29, 1.82) is 0 Å². The Morgan fingerprint density at radius 3 is 2.26 bits per heavy atom. The van der Waals surface area contributed by atoms with Crippen LogP contribution in [-0.2, 0) is 25.8 Å². The first-order chi connectivity index (χ1) is 18.5. The van der Waals surface area contributed by atoms with Gasteiger partial charge in [0, 0.05) is 30.9 Å². The van der Waals surface area contributed by atoms with E-state index >= 15 is 0 Å². The summed E-state index contributed by atoms with van der Waals surface area (Å²) in [6, 6.07) is 22.9. The zero-order valence-electron chi connectivity index (χ0n) is 23.2. The number of benzene rings is 3. The summed E-state index contributed by atoms with van der Waals surface area (Å²) in [6.45, 7) is 6.80. The number of nitrogens with zero attached hydrogens (tertiary/aromatic N) is 1. The van der Waals surface area contributed by atoms with Crippen LogP contribution in [-0.4, -0.2) is 43.1 Å². The number of phenolic OH excluding ortho intramolecular Hbond substituents is 1. The van der Waals surface area contributed by atoms with Gasteiger partial charge in [-0.05, 0) is 85.2 Å². The molecule has 0 atom stereocenters. The van der Waals surface area contributed by atoms with E-state index in [1.807, 2.05) is 36.4 Å². The zero-order chi connectivity index (χ0) is 27.8. The van der Waals surface area contributed by atoms with Gasteiger partial charge in [0.05, 0.1) is 13.7 Å². The molecule has 4 rings (SSSR count). The fourth-order valence-electron chi connectivity index (χ4n) is 4.48. The molecule has 0 spiro atoms. The molecule has 0 saturated carbocycles. The first-order valence-electron chi connectivity index (χ1n) is 13.4. The highest BCUT2D eigenvalue weighted by atomic mass is 16.5. The third kappa shape index (κ3) is 10.5. The molecule has 5 heteroatoms. The minimum absolute atomic E-state index is 0.121. The van der Waals surface area contributed by atoms with Crippen LogP contribution in [0.1, 0.15) is 48.9 Å². The third-order valence-electron chi connectivity index (χ3n) is 6.48. The average molecular weight is 517 g/mol. The smallest absolute Gasteiger partial charge is 0.120 e. The minimum Gasteiger partial charge on any atom is -0.508 e. The number of terminal acetylenes is 1. The van der Waals surface area contributed by atoms with Crippen LogP contribution in [0.2, 0.25) is 0 Å². The number of ether oxygens (including phenoxy) is 1. The van der Waals surface area contributed by atoms with Crippen molar-refractivity contribution >= 4 is 5.69 Å². The van der Waals surface area contributed by atoms with E-state index in [1.165, 1.54) is 41.5 Å². The molecule has 204 valence electrons. The van der Waals surface area contributed by atoms with Gasteiger partial charge in [0.15, 0.2) is 0 Å². The summed E-state index contributed by atoms with van der Waals surface area (Å²) in [5.41, 5.74) is 6.40. The summed E-state index contributed by atoms with van der Waals surface area (Å²) in [7, 11) is 1.67. The maximum absolute atomic E-state index is 9.41. The molecule has 3 aromatic rings. The number of hydrogen-bond acceptors (Lipinski definition) is 5. The molecule has 0 aromatic heterocycles. The van der Waals surface area contributed by atoms with Crippen LogP contribution >= 0.6 is 0 Å². The van der Waals surface area contributed by atoms with E-state index in [2.05, 4.69) is 61.2 Å². The molecule has 0 amide bonds. The van der Waals surface area contributed by atoms with Crippen molar-refractivity contribution < 1.29 is 14.9 Å². The largest absolute Gasteiger partial charge is 0.508 e. The highest BCUT2D eigenvalue weighted by Crippen LogP contribution is 2.24. The van der Waals surface area contributed by atoms with Gasteiger partial charge >= 0.3 is 0 Å². The lowest BCUT2D eigenvalue weighted by molar-refractivity contribution is 0.301. The van der Waals surface area contributed by atoms with E-state index in [0.717, 1.165) is 37.4 Å². The molecule has 0 saturated heterocycles. The average Bonchev–Trinajstić information content (AvgIpc) is 2.95. The number of hydrogen-bond donors (Lipinski definition) is 3. The van der Waals surface area contributed by atoms with Gasteiger partial charge in [-0.1, -0.05) is 50.2 Å². The van der Waals surface area contributed by atoms with Crippen molar-refractivity contribution in [3.8, 4) is 24.3 Å². The summed E-state index contributed by atoms with van der Waals surface area (Å²) in [5, 5.41) is 22.0. The second kappa shape index (κ2) is 17.1. The molecule has 0 unspecified atom stereocenters. The van der Waals surface area contributed by atoms with Crippen LogP contribution < -0.4 is 15.0 Å². The van der Waals surface area contributed by atoms with Crippen molar-refractivity contribution in [2.45, 2.75) is 58.5 Å². The summed E-state index contributed by atoms with van der Waals surface area (Å²) in [4.78, 5) is 2.16. The molecule has 0 radical (unpaired) electrons. The van der Waals surface area contributed by atoms with E-state index < -0.39 is 0 Å². The summed E-state index contributed by atoms with van der Waals surface area (Å²) in [5.74, 6) is 1.24. The number of rotatable bonds is 10. The fraction of sp³-hybridized carbons (Fsp3) is 0.394. The topological polar surface area (TPSA) is 65.0 Å². The predicted molar refractivity (Wildman–Crippen MR) is 159 cm³/mol. The third-order valence-corrected chi connectivity index (χ3v) is 6.48. The van der Waals surface area contributed by atoms with Gasteiger partial charge in [-0.2, -0.15) is 0 Å². The van der Waals surface area contributed by atoms with Gasteiger partial charge in [0.25, 0.3) is 0 Å². The number of nitrogens with one attached hydrogen (secondary N) is 1. The van der Waals surface area contributed by atoms with Crippen LogP contribution in [0, 0.1) is 12.8 Å². The zero-order valence-corrected chi connectivity index (χ0v) is 23.2. The highest BCUT2D eigenvalue weighted by molar-refractivity contribution is 5.51. The molecular formula is C33H44N2O3. The van der Waals surface area contributed by atoms with Crippen LogP contribution in [0.25, 0.3) is 0 Å². The lowest BCUT2D eigenvalue weighted by atomic mass is 9.92. The molecule has 0 heterocycles. The summed E-state index contributed by atoms with van der Waals surface area (Å²) in [6.07, 6.45) is 13.9. The molecule has 0 aliphatic heterocycles. The van der Waals surface area contributed by atoms with E-state index in [0.29, 0.717) is 18.3 Å². The minimum atomic E-state index is 0.121. The van der Waals surface area contributed by atoms with Crippen molar-refractivity contribution in [2.24, 2.45) is 0 Å². The van der Waals surface area contributed by atoms with Crippen LogP contribution in [0.4, 0.5) is 5.69 Å². The van der Waals surface area contributed by atoms with Crippen molar-refractivity contribution in [3.05, 3.63) is 89.0 Å². The maximum Gasteiger partial charge on any atom is 0.120 e. The number of anilines is 1. The maximum atomic E-state index is 9.41. The second-order valence-corrected chi connectivity index (χ2v) is 9.68. The Kier molecular flexibility index (Phi) is 13.9. The van der Waals surface area contributed by atoms with E-state index in [4.69, 9.17) is 4.74 Å². The molecule has 0 fully saturated rings. The molecule has 1 aliphatic carbocycles. The Labute approximate surface area is 229 Å². The van der Waals surface area contributed by atoms with E-state index in [9.17, 15) is 10.2 Å². The predicted octanol–water partition coefficient (Wildman–Crippen LogP) is 5.76. The van der Waals surface area contributed by atoms with Crippen molar-refractivity contribution in [3.63, 3.8) is 0 Å². The first-order valence-corrected chi connectivity index (χ1v) is 13.4. The molecular weight excluding hydrogens is 472 g/mol. The number of aromatic hydroxyl groups is 1. The normalized spacial score (nSPS) is 11.9. The Morgan fingerprint density at radius 2 is 1.61 bits per heavy atom. The first kappa shape index (κ1) is 30.8. The number of aliphatic hydroxyl groups excluding tert-OH is 1. The second-order valence-electron chi connectivity index (χ2n) is 9.68.